The average molecular weight is 578 g/mol. The first-order valence-electron chi connectivity index (χ1n) is 13.2. The molecule has 1 aliphatic heterocycles. The number of aromatic nitrogens is 3. The summed E-state index contributed by atoms with van der Waals surface area (Å²) in [6.07, 6.45) is 2.79. The van der Waals surface area contributed by atoms with Gasteiger partial charge in [-0.2, -0.15) is 13.2 Å². The van der Waals surface area contributed by atoms with E-state index in [0.717, 1.165) is 17.0 Å². The van der Waals surface area contributed by atoms with Crippen LogP contribution in [0.1, 0.15) is 74.4 Å². The van der Waals surface area contributed by atoms with Crippen LogP contribution in [0.5, 0.6) is 5.75 Å². The number of rotatable bonds is 8. The molecule has 1 N–H and O–H groups in total. The molecule has 2 amide bonds. The van der Waals surface area contributed by atoms with E-state index in [2.05, 4.69) is 40.7 Å². The van der Waals surface area contributed by atoms with Crippen molar-refractivity contribution in [3.05, 3.63) is 71.5 Å². The first kappa shape index (κ1) is 33.1. The van der Waals surface area contributed by atoms with E-state index in [9.17, 15) is 22.8 Å². The molecule has 41 heavy (non-hydrogen) atoms. The third-order valence-electron chi connectivity index (χ3n) is 5.80. The lowest BCUT2D eigenvalue weighted by Gasteiger charge is -2.29. The fraction of sp³-hybridized carbons (Fsp3) is 0.448. The van der Waals surface area contributed by atoms with Crippen molar-refractivity contribution >= 4 is 17.6 Å². The highest BCUT2D eigenvalue weighted by atomic mass is 19.4. The molecule has 0 saturated heterocycles. The maximum atomic E-state index is 13.0. The molecule has 0 spiro atoms. The monoisotopic (exact) mass is 577 g/mol. The summed E-state index contributed by atoms with van der Waals surface area (Å²) in [5.74, 6) is 0.570. The number of carbonyl (C=O) groups is 2. The van der Waals surface area contributed by atoms with E-state index in [-0.39, 0.29) is 24.7 Å². The van der Waals surface area contributed by atoms with Gasteiger partial charge in [0.25, 0.3) is 5.91 Å². The van der Waals surface area contributed by atoms with E-state index in [1.165, 1.54) is 18.4 Å². The van der Waals surface area contributed by atoms with Crippen LogP contribution in [-0.2, 0) is 17.7 Å². The van der Waals surface area contributed by atoms with Crippen LogP contribution in [-0.4, -0.2) is 58.1 Å². The lowest BCUT2D eigenvalue weighted by atomic mass is 9.96. The second-order valence-corrected chi connectivity index (χ2v) is 9.71. The summed E-state index contributed by atoms with van der Waals surface area (Å²) in [4.78, 5) is 26.2. The van der Waals surface area contributed by atoms with Crippen LogP contribution in [0.2, 0.25) is 0 Å². The molecule has 12 heteroatoms. The van der Waals surface area contributed by atoms with Crippen LogP contribution in [0.15, 0.2) is 49.0 Å². The summed E-state index contributed by atoms with van der Waals surface area (Å²) in [7, 11) is 1.43. The molecule has 0 bridgehead atoms. The Labute approximate surface area is 238 Å². The van der Waals surface area contributed by atoms with Gasteiger partial charge in [-0.1, -0.05) is 39.0 Å². The molecule has 0 radical (unpaired) electrons. The van der Waals surface area contributed by atoms with E-state index >= 15 is 0 Å². The number of hydrogen-bond donors (Lipinski definition) is 1. The Balaban J connectivity index is 0.00000187. The second-order valence-electron chi connectivity index (χ2n) is 9.71. The summed E-state index contributed by atoms with van der Waals surface area (Å²) in [5, 5.41) is 10.8. The molecule has 2 heterocycles. The number of hydrogen-bond acceptors (Lipinski definition) is 6. The lowest BCUT2D eigenvalue weighted by Crippen LogP contribution is -2.38. The molecular weight excluding hydrogens is 539 g/mol. The van der Waals surface area contributed by atoms with Gasteiger partial charge in [-0.15, -0.1) is 10.2 Å². The highest BCUT2D eigenvalue weighted by molar-refractivity contribution is 5.98. The standard InChI is InChI=1S/C26H30F3N5O4.C3H8/c1-16(2)34-15-30-32-23(34)17(3)7-6-8-18(4)31-24(35)21-11-20-13-33(25(36)38-14-26(27,28)29)10-9-19(20)12-22(21)37-5;1-3-2/h6-8,11-12,15-16H,4,9-10,13-14H2,1-3,5H3,(H,31,35);3H2,1-2H3/b8-6-,17-7+;. The van der Waals surface area contributed by atoms with E-state index < -0.39 is 24.8 Å². The molecular formula is C29H38F3N5O4. The molecule has 0 fully saturated rings. The number of benzene rings is 1. The molecule has 1 aromatic heterocycles. The largest absolute Gasteiger partial charge is 0.496 e. The minimum atomic E-state index is -4.61. The zero-order valence-electron chi connectivity index (χ0n) is 24.3. The first-order valence-corrected chi connectivity index (χ1v) is 13.2. The number of amides is 2. The van der Waals surface area contributed by atoms with Gasteiger partial charge in [0, 0.05) is 24.8 Å². The minimum Gasteiger partial charge on any atom is -0.496 e. The Morgan fingerprint density at radius 3 is 2.51 bits per heavy atom. The number of ether oxygens (including phenoxy) is 2. The van der Waals surface area contributed by atoms with E-state index in [1.807, 2.05) is 31.4 Å². The fourth-order valence-electron chi connectivity index (χ4n) is 3.86. The van der Waals surface area contributed by atoms with Crippen molar-refractivity contribution in [3.8, 4) is 5.75 Å². The maximum Gasteiger partial charge on any atom is 0.422 e. The summed E-state index contributed by atoms with van der Waals surface area (Å²) < 4.78 is 48.9. The number of halogens is 3. The van der Waals surface area contributed by atoms with Gasteiger partial charge < -0.3 is 24.3 Å². The Morgan fingerprint density at radius 1 is 1.22 bits per heavy atom. The molecule has 0 saturated carbocycles. The molecule has 0 atom stereocenters. The maximum absolute atomic E-state index is 13.0. The van der Waals surface area contributed by atoms with E-state index in [0.29, 0.717) is 23.4 Å². The van der Waals surface area contributed by atoms with Gasteiger partial charge in [-0.3, -0.25) is 4.79 Å². The fourth-order valence-corrected chi connectivity index (χ4v) is 3.86. The van der Waals surface area contributed by atoms with Crippen molar-refractivity contribution in [1.29, 1.82) is 0 Å². The smallest absolute Gasteiger partial charge is 0.422 e. The molecule has 0 aliphatic carbocycles. The van der Waals surface area contributed by atoms with E-state index in [1.54, 1.807) is 30.6 Å². The summed E-state index contributed by atoms with van der Waals surface area (Å²) >= 11 is 0. The Hall–Kier alpha value is -4.09. The SMILES string of the molecule is C=C(/C=C\C=C(/C)c1nncn1C(C)C)NC(=O)c1cc2c(cc1OC)CCN(C(=O)OCC(F)(F)F)C2.CCC. The van der Waals surface area contributed by atoms with Gasteiger partial charge in [0.05, 0.1) is 12.7 Å². The second kappa shape index (κ2) is 15.1. The summed E-state index contributed by atoms with van der Waals surface area (Å²) in [6, 6.07) is 3.45. The van der Waals surface area contributed by atoms with Crippen LogP contribution in [0, 0.1) is 0 Å². The highest BCUT2D eigenvalue weighted by Gasteiger charge is 2.32. The molecule has 224 valence electrons. The normalized spacial score (nSPS) is 13.4. The molecule has 1 aromatic carbocycles. The Kier molecular flexibility index (Phi) is 12.2. The molecule has 0 unspecified atom stereocenters. The van der Waals surface area contributed by atoms with Gasteiger partial charge in [-0.25, -0.2) is 4.79 Å². The zero-order chi connectivity index (χ0) is 30.7. The predicted molar refractivity (Wildman–Crippen MR) is 150 cm³/mol. The Morgan fingerprint density at radius 2 is 1.90 bits per heavy atom. The van der Waals surface area contributed by atoms with Gasteiger partial charge in [0.2, 0.25) is 0 Å². The minimum absolute atomic E-state index is 0.00220. The predicted octanol–water partition coefficient (Wildman–Crippen LogP) is 6.24. The molecule has 3 rings (SSSR count). The van der Waals surface area contributed by atoms with Crippen LogP contribution in [0.3, 0.4) is 0 Å². The van der Waals surface area contributed by atoms with Crippen molar-refractivity contribution < 1.29 is 32.2 Å². The van der Waals surface area contributed by atoms with Crippen LogP contribution in [0.25, 0.3) is 5.57 Å². The van der Waals surface area contributed by atoms with Crippen molar-refractivity contribution in [1.82, 2.24) is 25.0 Å². The van der Waals surface area contributed by atoms with Crippen LogP contribution < -0.4 is 10.1 Å². The lowest BCUT2D eigenvalue weighted by molar-refractivity contribution is -0.162. The van der Waals surface area contributed by atoms with Gasteiger partial charge >= 0.3 is 12.3 Å². The number of alkyl halides is 3. The van der Waals surface area contributed by atoms with Crippen molar-refractivity contribution in [2.75, 3.05) is 20.3 Å². The van der Waals surface area contributed by atoms with Crippen molar-refractivity contribution in [2.45, 2.75) is 66.2 Å². The van der Waals surface area contributed by atoms with Gasteiger partial charge in [0.15, 0.2) is 12.4 Å². The van der Waals surface area contributed by atoms with Crippen molar-refractivity contribution in [3.63, 3.8) is 0 Å². The molecule has 9 nitrogen and oxygen atoms in total. The van der Waals surface area contributed by atoms with Gasteiger partial charge in [-0.05, 0) is 62.1 Å². The number of allylic oxidation sites excluding steroid dienone is 4. The topological polar surface area (TPSA) is 98.6 Å². The highest BCUT2D eigenvalue weighted by Crippen LogP contribution is 2.29. The molecule has 2 aromatic rings. The third-order valence-corrected chi connectivity index (χ3v) is 5.80. The number of nitrogens with one attached hydrogen (secondary N) is 1. The first-order chi connectivity index (χ1) is 19.3. The van der Waals surface area contributed by atoms with Gasteiger partial charge in [0.1, 0.15) is 12.1 Å². The third kappa shape index (κ3) is 9.80. The quantitative estimate of drug-likeness (QED) is 0.373. The summed E-state index contributed by atoms with van der Waals surface area (Å²) in [5.41, 5.74) is 2.83. The van der Waals surface area contributed by atoms with Crippen molar-refractivity contribution in [2.24, 2.45) is 0 Å². The number of fused-ring (bicyclic) bond motifs is 1. The average Bonchev–Trinajstić information content (AvgIpc) is 3.41. The number of nitrogens with zero attached hydrogens (tertiary/aromatic N) is 4. The van der Waals surface area contributed by atoms with Crippen LogP contribution >= 0.6 is 0 Å². The summed E-state index contributed by atoms with van der Waals surface area (Å²) in [6.45, 7) is 12.6. The molecule has 1 aliphatic rings. The Bertz CT molecular complexity index is 1280. The number of carbonyl (C=O) groups excluding carboxylic acids is 2. The van der Waals surface area contributed by atoms with E-state index in [4.69, 9.17) is 4.74 Å². The van der Waals surface area contributed by atoms with Crippen LogP contribution in [0.4, 0.5) is 18.0 Å². The number of methoxy groups -OCH3 is 1. The zero-order valence-corrected chi connectivity index (χ0v) is 24.3.